The molecule has 3 heteroatoms. The summed E-state index contributed by atoms with van der Waals surface area (Å²) < 4.78 is 5.43. The normalized spacial score (nSPS) is 32.2. The fourth-order valence-corrected chi connectivity index (χ4v) is 1.31. The van der Waals surface area contributed by atoms with E-state index < -0.39 is 0 Å². The van der Waals surface area contributed by atoms with Gasteiger partial charge in [-0.1, -0.05) is 6.92 Å². The van der Waals surface area contributed by atoms with Crippen LogP contribution in [0.1, 0.15) is 19.8 Å². The lowest BCUT2D eigenvalue weighted by atomic mass is 10.1. The molecule has 1 rings (SSSR count). The van der Waals surface area contributed by atoms with Crippen LogP contribution in [0.25, 0.3) is 0 Å². The molecule has 0 amide bonds. The Labute approximate surface area is 67.7 Å². The summed E-state index contributed by atoms with van der Waals surface area (Å²) in [6.45, 7) is 4.61. The zero-order chi connectivity index (χ0) is 8.10. The van der Waals surface area contributed by atoms with Gasteiger partial charge < -0.3 is 15.2 Å². The predicted octanol–water partition coefficient (Wildman–Crippen LogP) is 0.136. The molecule has 1 saturated heterocycles. The summed E-state index contributed by atoms with van der Waals surface area (Å²) in [4.78, 5) is 0. The molecule has 66 valence electrons. The van der Waals surface area contributed by atoms with Crippen LogP contribution in [0.15, 0.2) is 0 Å². The van der Waals surface area contributed by atoms with E-state index in [-0.39, 0.29) is 12.2 Å². The molecule has 1 heterocycles. The highest BCUT2D eigenvalue weighted by molar-refractivity contribution is 4.71. The number of aliphatic hydroxyl groups is 1. The molecule has 1 aliphatic heterocycles. The van der Waals surface area contributed by atoms with Gasteiger partial charge in [0.15, 0.2) is 0 Å². The van der Waals surface area contributed by atoms with Crippen LogP contribution in [0.2, 0.25) is 0 Å². The van der Waals surface area contributed by atoms with Gasteiger partial charge in [0.1, 0.15) is 0 Å². The summed E-state index contributed by atoms with van der Waals surface area (Å²) in [7, 11) is 0. The highest BCUT2D eigenvalue weighted by atomic mass is 16.5. The van der Waals surface area contributed by atoms with E-state index in [1.54, 1.807) is 0 Å². The van der Waals surface area contributed by atoms with Gasteiger partial charge in [-0.3, -0.25) is 0 Å². The Balaban J connectivity index is 2.12. The van der Waals surface area contributed by atoms with Crippen molar-refractivity contribution in [2.75, 3.05) is 19.7 Å². The smallest absolute Gasteiger partial charge is 0.0724 e. The second kappa shape index (κ2) is 4.70. The minimum atomic E-state index is -0.146. The molecular weight excluding hydrogens is 142 g/mol. The van der Waals surface area contributed by atoms with Crippen LogP contribution in [0, 0.1) is 0 Å². The molecule has 0 spiro atoms. The first-order chi connectivity index (χ1) is 5.33. The minimum Gasteiger partial charge on any atom is -0.393 e. The second-order valence-corrected chi connectivity index (χ2v) is 2.98. The van der Waals surface area contributed by atoms with Gasteiger partial charge in [-0.2, -0.15) is 0 Å². The average molecular weight is 159 g/mol. The SMILES string of the molecule is CCNC[C@@H]1C[C@H](O)CCO1. The third kappa shape index (κ3) is 3.18. The number of nitrogens with one attached hydrogen (secondary N) is 1. The van der Waals surface area contributed by atoms with Crippen LogP contribution in [-0.4, -0.2) is 37.0 Å². The number of hydrogen-bond donors (Lipinski definition) is 2. The van der Waals surface area contributed by atoms with Crippen LogP contribution in [0.5, 0.6) is 0 Å². The van der Waals surface area contributed by atoms with Crippen molar-refractivity contribution in [3.05, 3.63) is 0 Å². The zero-order valence-electron chi connectivity index (χ0n) is 7.05. The molecule has 0 aromatic heterocycles. The maximum absolute atomic E-state index is 9.27. The van der Waals surface area contributed by atoms with Gasteiger partial charge >= 0.3 is 0 Å². The molecule has 0 aliphatic carbocycles. The topological polar surface area (TPSA) is 41.5 Å². The molecule has 0 bridgehead atoms. The summed E-state index contributed by atoms with van der Waals surface area (Å²) in [5, 5.41) is 12.5. The first kappa shape index (κ1) is 8.97. The second-order valence-electron chi connectivity index (χ2n) is 2.98. The number of rotatable bonds is 3. The number of hydrogen-bond acceptors (Lipinski definition) is 3. The van der Waals surface area contributed by atoms with E-state index in [0.717, 1.165) is 25.9 Å². The summed E-state index contributed by atoms with van der Waals surface area (Å²) >= 11 is 0. The van der Waals surface area contributed by atoms with Crippen LogP contribution in [0.4, 0.5) is 0 Å². The van der Waals surface area contributed by atoms with Crippen molar-refractivity contribution < 1.29 is 9.84 Å². The molecule has 0 aromatic carbocycles. The summed E-state index contributed by atoms with van der Waals surface area (Å²) in [5.41, 5.74) is 0. The lowest BCUT2D eigenvalue weighted by molar-refractivity contribution is -0.0415. The van der Waals surface area contributed by atoms with E-state index in [0.29, 0.717) is 6.61 Å². The Morgan fingerprint density at radius 3 is 3.09 bits per heavy atom. The van der Waals surface area contributed by atoms with Gasteiger partial charge in [-0.25, -0.2) is 0 Å². The molecule has 2 N–H and O–H groups in total. The Morgan fingerprint density at radius 1 is 1.64 bits per heavy atom. The number of ether oxygens (including phenoxy) is 1. The summed E-state index contributed by atoms with van der Waals surface area (Å²) in [5.74, 6) is 0. The monoisotopic (exact) mass is 159 g/mol. The van der Waals surface area contributed by atoms with Crippen molar-refractivity contribution in [1.82, 2.24) is 5.32 Å². The van der Waals surface area contributed by atoms with E-state index in [4.69, 9.17) is 4.74 Å². The zero-order valence-corrected chi connectivity index (χ0v) is 7.05. The van der Waals surface area contributed by atoms with Crippen molar-refractivity contribution in [3.63, 3.8) is 0 Å². The molecule has 0 unspecified atom stereocenters. The minimum absolute atomic E-state index is 0.146. The van der Waals surface area contributed by atoms with Crippen molar-refractivity contribution in [1.29, 1.82) is 0 Å². The first-order valence-corrected chi connectivity index (χ1v) is 4.33. The maximum Gasteiger partial charge on any atom is 0.0724 e. The lowest BCUT2D eigenvalue weighted by Gasteiger charge is -2.26. The third-order valence-corrected chi connectivity index (χ3v) is 1.96. The van der Waals surface area contributed by atoms with Crippen molar-refractivity contribution in [2.45, 2.75) is 32.0 Å². The molecule has 2 atom stereocenters. The van der Waals surface area contributed by atoms with E-state index in [9.17, 15) is 5.11 Å². The van der Waals surface area contributed by atoms with Crippen molar-refractivity contribution in [2.24, 2.45) is 0 Å². The standard InChI is InChI=1S/C8H17NO2/c1-2-9-6-8-5-7(10)3-4-11-8/h7-10H,2-6H2,1H3/t7-,8+/m1/s1. The lowest BCUT2D eigenvalue weighted by Crippen LogP contribution is -2.36. The maximum atomic E-state index is 9.27. The van der Waals surface area contributed by atoms with Crippen LogP contribution in [0.3, 0.4) is 0 Å². The largest absolute Gasteiger partial charge is 0.393 e. The molecule has 0 radical (unpaired) electrons. The predicted molar refractivity (Wildman–Crippen MR) is 43.5 cm³/mol. The third-order valence-electron chi connectivity index (χ3n) is 1.96. The van der Waals surface area contributed by atoms with Crippen LogP contribution in [-0.2, 0) is 4.74 Å². The summed E-state index contributed by atoms with van der Waals surface area (Å²) in [6.07, 6.45) is 1.65. The molecule has 0 saturated carbocycles. The van der Waals surface area contributed by atoms with Crippen LogP contribution >= 0.6 is 0 Å². The van der Waals surface area contributed by atoms with Gasteiger partial charge in [0.2, 0.25) is 0 Å². The van der Waals surface area contributed by atoms with Crippen molar-refractivity contribution in [3.8, 4) is 0 Å². The molecule has 3 nitrogen and oxygen atoms in total. The molecule has 1 fully saturated rings. The van der Waals surface area contributed by atoms with E-state index >= 15 is 0 Å². The Hall–Kier alpha value is -0.120. The van der Waals surface area contributed by atoms with Gasteiger partial charge in [-0.05, 0) is 13.0 Å². The van der Waals surface area contributed by atoms with E-state index in [1.165, 1.54) is 0 Å². The molecule has 1 aliphatic rings. The van der Waals surface area contributed by atoms with Gasteiger partial charge in [0.25, 0.3) is 0 Å². The molecule has 0 aromatic rings. The Morgan fingerprint density at radius 2 is 2.45 bits per heavy atom. The Bertz CT molecular complexity index is 108. The average Bonchev–Trinajstić information content (AvgIpc) is 2.01. The fourth-order valence-electron chi connectivity index (χ4n) is 1.31. The summed E-state index contributed by atoms with van der Waals surface area (Å²) in [6, 6.07) is 0. The van der Waals surface area contributed by atoms with E-state index in [2.05, 4.69) is 12.2 Å². The van der Waals surface area contributed by atoms with Crippen LogP contribution < -0.4 is 5.32 Å². The van der Waals surface area contributed by atoms with Gasteiger partial charge in [-0.15, -0.1) is 0 Å². The quantitative estimate of drug-likeness (QED) is 0.615. The van der Waals surface area contributed by atoms with Gasteiger partial charge in [0.05, 0.1) is 12.2 Å². The molecular formula is C8H17NO2. The van der Waals surface area contributed by atoms with Gasteiger partial charge in [0, 0.05) is 19.6 Å². The highest BCUT2D eigenvalue weighted by Gasteiger charge is 2.19. The number of likely N-dealkylation sites (N-methyl/N-ethyl adjacent to an activating group) is 1. The van der Waals surface area contributed by atoms with E-state index in [1.807, 2.05) is 0 Å². The highest BCUT2D eigenvalue weighted by Crippen LogP contribution is 2.12. The molecule has 11 heavy (non-hydrogen) atoms. The number of aliphatic hydroxyl groups excluding tert-OH is 1. The Kier molecular flexibility index (Phi) is 3.83. The fraction of sp³-hybridized carbons (Fsp3) is 1.00. The first-order valence-electron chi connectivity index (χ1n) is 4.33. The van der Waals surface area contributed by atoms with Crippen molar-refractivity contribution >= 4 is 0 Å².